The van der Waals surface area contributed by atoms with Gasteiger partial charge in [-0.3, -0.25) is 0 Å². The molecular formula is C19H26F2O3. The van der Waals surface area contributed by atoms with Crippen molar-refractivity contribution in [1.29, 1.82) is 0 Å². The van der Waals surface area contributed by atoms with Gasteiger partial charge in [-0.15, -0.1) is 0 Å². The molecule has 0 N–H and O–H groups in total. The van der Waals surface area contributed by atoms with Crippen LogP contribution in [-0.4, -0.2) is 19.3 Å². The van der Waals surface area contributed by atoms with E-state index in [-0.39, 0.29) is 18.1 Å². The molecule has 0 bridgehead atoms. The van der Waals surface area contributed by atoms with Gasteiger partial charge in [-0.25, -0.2) is 0 Å². The SMILES string of the molecule is CCCC1CCC(CCCOc2ccc(OCC)c(F)c2F)=CO1. The van der Waals surface area contributed by atoms with Crippen molar-refractivity contribution >= 4 is 0 Å². The summed E-state index contributed by atoms with van der Waals surface area (Å²) in [6, 6.07) is 2.80. The lowest BCUT2D eigenvalue weighted by Gasteiger charge is -2.22. The van der Waals surface area contributed by atoms with Gasteiger partial charge in [0.05, 0.1) is 25.6 Å². The zero-order valence-corrected chi connectivity index (χ0v) is 14.4. The van der Waals surface area contributed by atoms with Crippen molar-refractivity contribution in [2.45, 2.75) is 58.5 Å². The molecule has 3 nitrogen and oxygen atoms in total. The Bertz CT molecular complexity index is 558. The highest BCUT2D eigenvalue weighted by Crippen LogP contribution is 2.28. The molecule has 0 saturated heterocycles. The predicted octanol–water partition coefficient (Wildman–Crippen LogP) is 5.39. The molecule has 1 atom stereocenters. The standard InChI is InChI=1S/C19H26F2O3/c1-3-6-15-9-8-14(13-24-15)7-5-12-23-17-11-10-16(22-4-2)18(20)19(17)21/h10-11,13,15H,3-9,12H2,1-2H3. The molecule has 0 saturated carbocycles. The van der Waals surface area contributed by atoms with Crippen LogP contribution in [0.1, 0.15) is 52.4 Å². The van der Waals surface area contributed by atoms with Crippen LogP contribution in [0.3, 0.4) is 0 Å². The lowest BCUT2D eigenvalue weighted by atomic mass is 9.99. The first-order valence-corrected chi connectivity index (χ1v) is 8.72. The Morgan fingerprint density at radius 1 is 1.12 bits per heavy atom. The smallest absolute Gasteiger partial charge is 0.204 e. The second-order valence-corrected chi connectivity index (χ2v) is 5.94. The van der Waals surface area contributed by atoms with Crippen LogP contribution in [0.25, 0.3) is 0 Å². The van der Waals surface area contributed by atoms with E-state index < -0.39 is 11.6 Å². The fourth-order valence-electron chi connectivity index (χ4n) is 2.76. The van der Waals surface area contributed by atoms with E-state index in [9.17, 15) is 8.78 Å². The highest BCUT2D eigenvalue weighted by atomic mass is 19.2. The van der Waals surface area contributed by atoms with Gasteiger partial charge in [-0.1, -0.05) is 13.3 Å². The van der Waals surface area contributed by atoms with Gasteiger partial charge in [0.15, 0.2) is 11.5 Å². The average molecular weight is 340 g/mol. The molecule has 1 aromatic rings. The summed E-state index contributed by atoms with van der Waals surface area (Å²) >= 11 is 0. The zero-order chi connectivity index (χ0) is 17.4. The maximum absolute atomic E-state index is 13.9. The van der Waals surface area contributed by atoms with Crippen LogP contribution in [0.2, 0.25) is 0 Å². The van der Waals surface area contributed by atoms with Gasteiger partial charge in [0.25, 0.3) is 0 Å². The molecule has 134 valence electrons. The summed E-state index contributed by atoms with van der Waals surface area (Å²) in [7, 11) is 0. The maximum atomic E-state index is 13.9. The number of ether oxygens (including phenoxy) is 3. The van der Waals surface area contributed by atoms with Crippen LogP contribution in [0, 0.1) is 11.6 Å². The van der Waals surface area contributed by atoms with E-state index in [0.717, 1.165) is 38.5 Å². The Morgan fingerprint density at radius 3 is 2.42 bits per heavy atom. The van der Waals surface area contributed by atoms with E-state index in [1.54, 1.807) is 6.92 Å². The summed E-state index contributed by atoms with van der Waals surface area (Å²) in [5.41, 5.74) is 1.25. The number of benzene rings is 1. The van der Waals surface area contributed by atoms with Gasteiger partial charge in [0, 0.05) is 0 Å². The molecular weight excluding hydrogens is 314 g/mol. The molecule has 0 spiro atoms. The van der Waals surface area contributed by atoms with Gasteiger partial charge < -0.3 is 14.2 Å². The first-order chi connectivity index (χ1) is 11.7. The summed E-state index contributed by atoms with van der Waals surface area (Å²) in [6.45, 7) is 4.49. The lowest BCUT2D eigenvalue weighted by molar-refractivity contribution is 0.109. The molecule has 0 radical (unpaired) electrons. The normalized spacial score (nSPS) is 17.2. The van der Waals surface area contributed by atoms with Crippen LogP contribution < -0.4 is 9.47 Å². The Hall–Kier alpha value is -1.78. The van der Waals surface area contributed by atoms with E-state index in [1.807, 2.05) is 6.26 Å². The number of hydrogen-bond donors (Lipinski definition) is 0. The molecule has 0 amide bonds. The molecule has 0 fully saturated rings. The van der Waals surface area contributed by atoms with E-state index >= 15 is 0 Å². The van der Waals surface area contributed by atoms with Gasteiger partial charge in [-0.05, 0) is 56.7 Å². The van der Waals surface area contributed by atoms with Crippen LogP contribution in [0.5, 0.6) is 11.5 Å². The van der Waals surface area contributed by atoms with Crippen molar-refractivity contribution < 1.29 is 23.0 Å². The number of halogens is 2. The average Bonchev–Trinajstić information content (AvgIpc) is 2.59. The van der Waals surface area contributed by atoms with Gasteiger partial charge in [0.2, 0.25) is 11.6 Å². The molecule has 24 heavy (non-hydrogen) atoms. The molecule has 1 aromatic carbocycles. The summed E-state index contributed by atoms with van der Waals surface area (Å²) in [5, 5.41) is 0. The van der Waals surface area contributed by atoms with Crippen molar-refractivity contribution in [3.8, 4) is 11.5 Å². The number of rotatable bonds is 9. The molecule has 5 heteroatoms. The lowest BCUT2D eigenvalue weighted by Crippen LogP contribution is -2.14. The molecule has 1 aliphatic rings. The zero-order valence-electron chi connectivity index (χ0n) is 14.4. The van der Waals surface area contributed by atoms with E-state index in [2.05, 4.69) is 6.92 Å². The number of allylic oxidation sites excluding steroid dienone is 1. The molecule has 1 aliphatic heterocycles. The summed E-state index contributed by atoms with van der Waals surface area (Å²) in [4.78, 5) is 0. The second-order valence-electron chi connectivity index (χ2n) is 5.94. The van der Waals surface area contributed by atoms with Gasteiger partial charge in [0.1, 0.15) is 0 Å². The third kappa shape index (κ3) is 5.11. The first-order valence-electron chi connectivity index (χ1n) is 8.72. The van der Waals surface area contributed by atoms with Gasteiger partial charge >= 0.3 is 0 Å². The van der Waals surface area contributed by atoms with Crippen LogP contribution in [0.15, 0.2) is 24.0 Å². The number of hydrogen-bond acceptors (Lipinski definition) is 3. The first kappa shape index (κ1) is 18.6. The molecule has 0 aromatic heterocycles. The summed E-state index contributed by atoms with van der Waals surface area (Å²) in [6.07, 6.45) is 8.11. The van der Waals surface area contributed by atoms with Crippen LogP contribution in [0.4, 0.5) is 8.78 Å². The second kappa shape index (κ2) is 9.50. The quantitative estimate of drug-likeness (QED) is 0.564. The largest absolute Gasteiger partial charge is 0.498 e. The van der Waals surface area contributed by atoms with Crippen molar-refractivity contribution in [2.24, 2.45) is 0 Å². The van der Waals surface area contributed by atoms with E-state index in [1.165, 1.54) is 17.7 Å². The predicted molar refractivity (Wildman–Crippen MR) is 89.4 cm³/mol. The Labute approximate surface area is 142 Å². The van der Waals surface area contributed by atoms with Crippen LogP contribution in [-0.2, 0) is 4.74 Å². The van der Waals surface area contributed by atoms with Crippen molar-refractivity contribution in [2.75, 3.05) is 13.2 Å². The highest BCUT2D eigenvalue weighted by Gasteiger charge is 2.16. The molecule has 0 aliphatic carbocycles. The van der Waals surface area contributed by atoms with Crippen molar-refractivity contribution in [3.05, 3.63) is 35.6 Å². The third-order valence-corrected chi connectivity index (χ3v) is 4.04. The Kier molecular flexibility index (Phi) is 7.35. The van der Waals surface area contributed by atoms with E-state index in [4.69, 9.17) is 14.2 Å². The highest BCUT2D eigenvalue weighted by molar-refractivity contribution is 5.35. The topological polar surface area (TPSA) is 27.7 Å². The van der Waals surface area contributed by atoms with Crippen molar-refractivity contribution in [3.63, 3.8) is 0 Å². The van der Waals surface area contributed by atoms with E-state index in [0.29, 0.717) is 12.7 Å². The Balaban J connectivity index is 1.76. The summed E-state index contributed by atoms with van der Waals surface area (Å²) < 4.78 is 43.7. The summed E-state index contributed by atoms with van der Waals surface area (Å²) in [5.74, 6) is -2.16. The Morgan fingerprint density at radius 2 is 1.83 bits per heavy atom. The monoisotopic (exact) mass is 340 g/mol. The molecule has 1 unspecified atom stereocenters. The van der Waals surface area contributed by atoms with Crippen LogP contribution >= 0.6 is 0 Å². The fourth-order valence-corrected chi connectivity index (χ4v) is 2.76. The minimum absolute atomic E-state index is 0.0761. The minimum Gasteiger partial charge on any atom is -0.498 e. The minimum atomic E-state index is -1.00. The van der Waals surface area contributed by atoms with Gasteiger partial charge in [-0.2, -0.15) is 8.78 Å². The van der Waals surface area contributed by atoms with Crippen molar-refractivity contribution in [1.82, 2.24) is 0 Å². The molecule has 2 rings (SSSR count). The fraction of sp³-hybridized carbons (Fsp3) is 0.579. The molecule has 1 heterocycles. The maximum Gasteiger partial charge on any atom is 0.204 e. The third-order valence-electron chi connectivity index (χ3n) is 4.04.